The first-order valence-corrected chi connectivity index (χ1v) is 8.48. The standard InChI is InChI=1S/C19H19N3OS/c1-13-9-11-15(12-10-13)20-19-21-18(22(2)3)17(24-19)16(23)14-7-5-4-6-8-14/h4-12H,1-3H3,(H,20,21). The van der Waals surface area contributed by atoms with Gasteiger partial charge in [-0.2, -0.15) is 0 Å². The largest absolute Gasteiger partial charge is 0.361 e. The highest BCUT2D eigenvalue weighted by Gasteiger charge is 2.21. The topological polar surface area (TPSA) is 45.2 Å². The SMILES string of the molecule is Cc1ccc(Nc2nc(N(C)C)c(C(=O)c3ccccc3)s2)cc1. The Kier molecular flexibility index (Phi) is 4.62. The number of carbonyl (C=O) groups is 1. The number of aryl methyl sites for hydroxylation is 1. The molecule has 24 heavy (non-hydrogen) atoms. The van der Waals surface area contributed by atoms with E-state index in [1.165, 1.54) is 16.9 Å². The van der Waals surface area contributed by atoms with Gasteiger partial charge in [-0.05, 0) is 19.1 Å². The number of ketones is 1. The zero-order valence-corrected chi connectivity index (χ0v) is 14.7. The fourth-order valence-electron chi connectivity index (χ4n) is 2.30. The fourth-order valence-corrected chi connectivity index (χ4v) is 3.32. The lowest BCUT2D eigenvalue weighted by atomic mass is 10.1. The van der Waals surface area contributed by atoms with Crippen molar-refractivity contribution in [3.8, 4) is 0 Å². The van der Waals surface area contributed by atoms with Crippen molar-refractivity contribution >= 4 is 33.8 Å². The average molecular weight is 337 g/mol. The summed E-state index contributed by atoms with van der Waals surface area (Å²) < 4.78 is 0. The Bertz CT molecular complexity index is 839. The molecule has 0 unspecified atom stereocenters. The van der Waals surface area contributed by atoms with Crippen LogP contribution in [-0.2, 0) is 0 Å². The van der Waals surface area contributed by atoms with Crippen LogP contribution >= 0.6 is 11.3 Å². The summed E-state index contributed by atoms with van der Waals surface area (Å²) in [5, 5.41) is 3.99. The smallest absolute Gasteiger partial charge is 0.206 e. The Morgan fingerprint density at radius 2 is 1.71 bits per heavy atom. The number of rotatable bonds is 5. The van der Waals surface area contributed by atoms with Gasteiger partial charge in [0.1, 0.15) is 4.88 Å². The molecule has 5 heteroatoms. The highest BCUT2D eigenvalue weighted by molar-refractivity contribution is 7.18. The summed E-state index contributed by atoms with van der Waals surface area (Å²) >= 11 is 1.38. The van der Waals surface area contributed by atoms with E-state index in [-0.39, 0.29) is 5.78 Å². The maximum absolute atomic E-state index is 12.8. The van der Waals surface area contributed by atoms with Crippen LogP contribution in [0.3, 0.4) is 0 Å². The summed E-state index contributed by atoms with van der Waals surface area (Å²) in [5.74, 6) is 0.678. The predicted octanol–water partition coefficient (Wildman–Crippen LogP) is 4.49. The zero-order valence-electron chi connectivity index (χ0n) is 13.9. The molecule has 0 aliphatic heterocycles. The Labute approximate surface area is 145 Å². The molecule has 0 saturated carbocycles. The van der Waals surface area contributed by atoms with Gasteiger partial charge in [-0.1, -0.05) is 59.4 Å². The molecule has 0 atom stereocenters. The predicted molar refractivity (Wildman–Crippen MR) is 101 cm³/mol. The summed E-state index contributed by atoms with van der Waals surface area (Å²) in [5.41, 5.74) is 2.83. The number of benzene rings is 2. The minimum atomic E-state index is -0.00578. The van der Waals surface area contributed by atoms with Crippen molar-refractivity contribution in [1.82, 2.24) is 4.98 Å². The summed E-state index contributed by atoms with van der Waals surface area (Å²) in [6.07, 6.45) is 0. The molecule has 0 fully saturated rings. The lowest BCUT2D eigenvalue weighted by molar-refractivity contribution is 0.104. The molecule has 0 spiro atoms. The van der Waals surface area contributed by atoms with Crippen molar-refractivity contribution in [2.45, 2.75) is 6.92 Å². The molecule has 1 N–H and O–H groups in total. The van der Waals surface area contributed by atoms with Crippen LogP contribution in [0.2, 0.25) is 0 Å². The molecule has 3 rings (SSSR count). The minimum absolute atomic E-state index is 0.00578. The highest BCUT2D eigenvalue weighted by Crippen LogP contribution is 2.32. The van der Waals surface area contributed by atoms with E-state index in [0.717, 1.165) is 5.69 Å². The van der Waals surface area contributed by atoms with Crippen LogP contribution in [0.1, 0.15) is 20.8 Å². The van der Waals surface area contributed by atoms with E-state index in [2.05, 4.69) is 10.3 Å². The number of aromatic nitrogens is 1. The first-order chi connectivity index (χ1) is 11.5. The van der Waals surface area contributed by atoms with E-state index in [4.69, 9.17) is 0 Å². The molecule has 0 aliphatic carbocycles. The normalized spacial score (nSPS) is 10.5. The minimum Gasteiger partial charge on any atom is -0.361 e. The van der Waals surface area contributed by atoms with Gasteiger partial charge in [0, 0.05) is 25.3 Å². The lowest BCUT2D eigenvalue weighted by Crippen LogP contribution is -2.13. The number of hydrogen-bond acceptors (Lipinski definition) is 5. The Morgan fingerprint density at radius 1 is 1.04 bits per heavy atom. The third kappa shape index (κ3) is 3.46. The van der Waals surface area contributed by atoms with Crippen LogP contribution in [0, 0.1) is 6.92 Å². The quantitative estimate of drug-likeness (QED) is 0.697. The van der Waals surface area contributed by atoms with E-state index in [9.17, 15) is 4.79 Å². The molecule has 2 aromatic carbocycles. The van der Waals surface area contributed by atoms with E-state index in [0.29, 0.717) is 21.4 Å². The zero-order chi connectivity index (χ0) is 17.1. The second kappa shape index (κ2) is 6.84. The molecular formula is C19H19N3OS. The number of carbonyl (C=O) groups excluding carboxylic acids is 1. The third-order valence-electron chi connectivity index (χ3n) is 3.58. The van der Waals surface area contributed by atoms with Gasteiger partial charge < -0.3 is 10.2 Å². The van der Waals surface area contributed by atoms with Gasteiger partial charge in [-0.3, -0.25) is 4.79 Å². The highest BCUT2D eigenvalue weighted by atomic mass is 32.1. The second-order valence-electron chi connectivity index (χ2n) is 5.75. The summed E-state index contributed by atoms with van der Waals surface area (Å²) in [4.78, 5) is 19.9. The first-order valence-electron chi connectivity index (χ1n) is 7.66. The van der Waals surface area contributed by atoms with Crippen molar-refractivity contribution in [2.75, 3.05) is 24.3 Å². The van der Waals surface area contributed by atoms with Crippen LogP contribution in [-0.4, -0.2) is 24.9 Å². The van der Waals surface area contributed by atoms with Gasteiger partial charge in [0.05, 0.1) is 0 Å². The van der Waals surface area contributed by atoms with Gasteiger partial charge in [0.25, 0.3) is 0 Å². The summed E-state index contributed by atoms with van der Waals surface area (Å²) in [7, 11) is 3.79. The van der Waals surface area contributed by atoms with Crippen LogP contribution in [0.5, 0.6) is 0 Å². The van der Waals surface area contributed by atoms with E-state index in [1.54, 1.807) is 0 Å². The average Bonchev–Trinajstić information content (AvgIpc) is 3.01. The number of thiazole rings is 1. The van der Waals surface area contributed by atoms with Crippen molar-refractivity contribution in [3.63, 3.8) is 0 Å². The maximum atomic E-state index is 12.8. The Hall–Kier alpha value is -2.66. The molecule has 0 bridgehead atoms. The Balaban J connectivity index is 1.93. The van der Waals surface area contributed by atoms with Gasteiger partial charge in [0.15, 0.2) is 10.9 Å². The fraction of sp³-hybridized carbons (Fsp3) is 0.158. The van der Waals surface area contributed by atoms with Gasteiger partial charge >= 0.3 is 0 Å². The van der Waals surface area contributed by atoms with E-state index >= 15 is 0 Å². The summed E-state index contributed by atoms with van der Waals surface area (Å²) in [6, 6.07) is 17.4. The molecule has 4 nitrogen and oxygen atoms in total. The number of nitrogens with zero attached hydrogens (tertiary/aromatic N) is 2. The number of hydrogen-bond donors (Lipinski definition) is 1. The maximum Gasteiger partial charge on any atom is 0.206 e. The lowest BCUT2D eigenvalue weighted by Gasteiger charge is -2.10. The molecule has 0 saturated heterocycles. The molecule has 0 aliphatic rings. The first kappa shape index (κ1) is 16.2. The molecule has 1 aromatic heterocycles. The second-order valence-corrected chi connectivity index (χ2v) is 6.75. The van der Waals surface area contributed by atoms with Gasteiger partial charge in [-0.25, -0.2) is 4.98 Å². The molecule has 3 aromatic rings. The van der Waals surface area contributed by atoms with Gasteiger partial charge in [-0.15, -0.1) is 0 Å². The van der Waals surface area contributed by atoms with Crippen LogP contribution in [0.4, 0.5) is 16.6 Å². The van der Waals surface area contributed by atoms with E-state index < -0.39 is 0 Å². The molecule has 0 radical (unpaired) electrons. The van der Waals surface area contributed by atoms with Crippen LogP contribution in [0.15, 0.2) is 54.6 Å². The van der Waals surface area contributed by atoms with Crippen molar-refractivity contribution in [1.29, 1.82) is 0 Å². The monoisotopic (exact) mass is 337 g/mol. The number of nitrogens with one attached hydrogen (secondary N) is 1. The third-order valence-corrected chi connectivity index (χ3v) is 4.54. The number of anilines is 3. The van der Waals surface area contributed by atoms with Crippen LogP contribution < -0.4 is 10.2 Å². The molecule has 1 heterocycles. The van der Waals surface area contributed by atoms with E-state index in [1.807, 2.05) is 80.5 Å². The Morgan fingerprint density at radius 3 is 2.33 bits per heavy atom. The van der Waals surface area contributed by atoms with Crippen molar-refractivity contribution < 1.29 is 4.79 Å². The molecular weight excluding hydrogens is 318 g/mol. The molecule has 122 valence electrons. The van der Waals surface area contributed by atoms with Gasteiger partial charge in [0.2, 0.25) is 5.78 Å². The van der Waals surface area contributed by atoms with Crippen molar-refractivity contribution in [2.24, 2.45) is 0 Å². The van der Waals surface area contributed by atoms with Crippen LogP contribution in [0.25, 0.3) is 0 Å². The molecule has 0 amide bonds. The van der Waals surface area contributed by atoms with Crippen molar-refractivity contribution in [3.05, 3.63) is 70.6 Å². The summed E-state index contributed by atoms with van der Waals surface area (Å²) in [6.45, 7) is 2.05.